The normalized spacial score (nSPS) is 12.6. The first kappa shape index (κ1) is 30.2. The first-order valence-corrected chi connectivity index (χ1v) is 13.0. The summed E-state index contributed by atoms with van der Waals surface area (Å²) in [5.74, 6) is -1.36. The van der Waals surface area contributed by atoms with Gasteiger partial charge in [-0.3, -0.25) is 4.79 Å². The van der Waals surface area contributed by atoms with E-state index in [0.717, 1.165) is 11.1 Å². The monoisotopic (exact) mass is 587 g/mol. The molecule has 0 aliphatic heterocycles. The standard InChI is InChI=1S/C29H28Cl3N3O4/c1-17(26(19-8-10-21(30)11-9-19)35-25-13-12-22(31)14-23(25)32)24(33)16-39-29(2,3)28(38)34-15-18-4-6-20(7-5-18)27(36)37/h4-14H,15-16,33H2,1-3H3,(H,34,38)(H,36,37)/b24-17-,35-26?. The van der Waals surface area contributed by atoms with Crippen molar-refractivity contribution in [3.05, 3.63) is 110 Å². The van der Waals surface area contributed by atoms with Gasteiger partial charge in [0.1, 0.15) is 5.60 Å². The van der Waals surface area contributed by atoms with Crippen molar-refractivity contribution in [2.75, 3.05) is 6.61 Å². The van der Waals surface area contributed by atoms with Gasteiger partial charge in [0.15, 0.2) is 0 Å². The summed E-state index contributed by atoms with van der Waals surface area (Å²) in [5, 5.41) is 13.3. The number of nitrogens with one attached hydrogen (secondary N) is 1. The number of amides is 1. The van der Waals surface area contributed by atoms with Crippen molar-refractivity contribution in [1.82, 2.24) is 5.32 Å². The Morgan fingerprint density at radius 3 is 2.13 bits per heavy atom. The number of rotatable bonds is 10. The number of carbonyl (C=O) groups is 2. The van der Waals surface area contributed by atoms with Gasteiger partial charge in [0.05, 0.1) is 28.6 Å². The van der Waals surface area contributed by atoms with E-state index in [1.54, 1.807) is 56.3 Å². The minimum atomic E-state index is -1.21. The quantitative estimate of drug-likeness (QED) is 0.225. The molecule has 204 valence electrons. The average molecular weight is 589 g/mol. The molecule has 39 heavy (non-hydrogen) atoms. The molecule has 0 heterocycles. The second-order valence-corrected chi connectivity index (χ2v) is 10.5. The Balaban J connectivity index is 1.77. The van der Waals surface area contributed by atoms with Crippen molar-refractivity contribution in [2.24, 2.45) is 10.7 Å². The molecule has 0 aromatic heterocycles. The van der Waals surface area contributed by atoms with Crippen LogP contribution in [0.5, 0.6) is 0 Å². The fourth-order valence-corrected chi connectivity index (χ4v) is 3.99. The number of carboxylic acid groups (broad SMARTS) is 1. The summed E-state index contributed by atoms with van der Waals surface area (Å²) in [6.07, 6.45) is 0. The molecule has 0 spiro atoms. The van der Waals surface area contributed by atoms with Crippen LogP contribution in [-0.2, 0) is 16.1 Å². The number of carboxylic acids is 1. The van der Waals surface area contributed by atoms with Gasteiger partial charge in [-0.2, -0.15) is 0 Å². The second kappa shape index (κ2) is 13.1. The number of benzene rings is 3. The predicted molar refractivity (Wildman–Crippen MR) is 156 cm³/mol. The molecular weight excluding hydrogens is 561 g/mol. The number of ether oxygens (including phenoxy) is 1. The lowest BCUT2D eigenvalue weighted by Gasteiger charge is -2.25. The third-order valence-corrected chi connectivity index (χ3v) is 6.68. The van der Waals surface area contributed by atoms with Gasteiger partial charge in [-0.25, -0.2) is 9.79 Å². The Kier molecular flexibility index (Phi) is 10.2. The van der Waals surface area contributed by atoms with Crippen LogP contribution in [0.4, 0.5) is 5.69 Å². The topological polar surface area (TPSA) is 114 Å². The maximum absolute atomic E-state index is 12.8. The van der Waals surface area contributed by atoms with Crippen LogP contribution in [-0.4, -0.2) is 34.9 Å². The van der Waals surface area contributed by atoms with Gasteiger partial charge < -0.3 is 20.9 Å². The maximum atomic E-state index is 12.8. The van der Waals surface area contributed by atoms with Gasteiger partial charge >= 0.3 is 5.97 Å². The maximum Gasteiger partial charge on any atom is 0.335 e. The van der Waals surface area contributed by atoms with Crippen LogP contribution >= 0.6 is 34.8 Å². The first-order valence-electron chi connectivity index (χ1n) is 11.9. The average Bonchev–Trinajstić information content (AvgIpc) is 2.90. The highest BCUT2D eigenvalue weighted by atomic mass is 35.5. The largest absolute Gasteiger partial charge is 0.478 e. The fourth-order valence-electron chi connectivity index (χ4n) is 3.41. The van der Waals surface area contributed by atoms with Crippen molar-refractivity contribution in [2.45, 2.75) is 32.9 Å². The van der Waals surface area contributed by atoms with Gasteiger partial charge in [0.2, 0.25) is 0 Å². The van der Waals surface area contributed by atoms with Crippen LogP contribution in [0.25, 0.3) is 0 Å². The molecule has 1 amide bonds. The first-order chi connectivity index (χ1) is 18.4. The van der Waals surface area contributed by atoms with Crippen LogP contribution < -0.4 is 11.1 Å². The van der Waals surface area contributed by atoms with Crippen molar-refractivity contribution < 1.29 is 19.4 Å². The van der Waals surface area contributed by atoms with Crippen molar-refractivity contribution >= 4 is 58.1 Å². The molecule has 0 bridgehead atoms. The summed E-state index contributed by atoms with van der Waals surface area (Å²) >= 11 is 18.5. The predicted octanol–water partition coefficient (Wildman–Crippen LogP) is 6.81. The van der Waals surface area contributed by atoms with Crippen LogP contribution in [0.1, 0.15) is 42.3 Å². The van der Waals surface area contributed by atoms with Gasteiger partial charge in [-0.05, 0) is 74.4 Å². The van der Waals surface area contributed by atoms with E-state index in [1.165, 1.54) is 12.1 Å². The summed E-state index contributed by atoms with van der Waals surface area (Å²) < 4.78 is 5.92. The van der Waals surface area contributed by atoms with E-state index in [2.05, 4.69) is 5.32 Å². The van der Waals surface area contributed by atoms with Gasteiger partial charge in [-0.15, -0.1) is 0 Å². The molecule has 0 atom stereocenters. The van der Waals surface area contributed by atoms with Crippen LogP contribution in [0.15, 0.2) is 83.0 Å². The summed E-state index contributed by atoms with van der Waals surface area (Å²) in [6, 6.07) is 18.4. The van der Waals surface area contributed by atoms with E-state index >= 15 is 0 Å². The van der Waals surface area contributed by atoms with Gasteiger partial charge in [0, 0.05) is 27.9 Å². The molecule has 0 aliphatic rings. The van der Waals surface area contributed by atoms with E-state index in [9.17, 15) is 9.59 Å². The zero-order chi connectivity index (χ0) is 28.7. The Morgan fingerprint density at radius 2 is 1.54 bits per heavy atom. The number of hydrogen-bond acceptors (Lipinski definition) is 5. The Hall–Kier alpha value is -3.36. The molecule has 0 radical (unpaired) electrons. The van der Waals surface area contributed by atoms with Crippen LogP contribution in [0.2, 0.25) is 15.1 Å². The Morgan fingerprint density at radius 1 is 0.949 bits per heavy atom. The van der Waals surface area contributed by atoms with Crippen LogP contribution in [0, 0.1) is 0 Å². The molecule has 0 aliphatic carbocycles. The third kappa shape index (κ3) is 8.31. The highest BCUT2D eigenvalue weighted by molar-refractivity contribution is 6.36. The molecule has 7 nitrogen and oxygen atoms in total. The third-order valence-electron chi connectivity index (χ3n) is 5.89. The highest BCUT2D eigenvalue weighted by Gasteiger charge is 2.29. The number of halogens is 3. The SMILES string of the molecule is C/C(C(=Nc1ccc(Cl)cc1Cl)c1ccc(Cl)cc1)=C(/N)COC(C)(C)C(=O)NCc1ccc(C(=O)O)cc1. The number of hydrogen-bond donors (Lipinski definition) is 3. The summed E-state index contributed by atoms with van der Waals surface area (Å²) in [4.78, 5) is 28.6. The molecule has 0 saturated carbocycles. The molecule has 3 aromatic carbocycles. The van der Waals surface area contributed by atoms with Crippen LogP contribution in [0.3, 0.4) is 0 Å². The van der Waals surface area contributed by atoms with Gasteiger partial charge in [0.25, 0.3) is 5.91 Å². The smallest absolute Gasteiger partial charge is 0.335 e. The number of carbonyl (C=O) groups excluding carboxylic acids is 1. The molecule has 10 heteroatoms. The molecule has 3 aromatic rings. The number of nitrogens with zero attached hydrogens (tertiary/aromatic N) is 1. The lowest BCUT2D eigenvalue weighted by Crippen LogP contribution is -2.44. The van der Waals surface area contributed by atoms with Crippen molar-refractivity contribution in [3.8, 4) is 0 Å². The molecule has 3 rings (SSSR count). The molecular formula is C29H28Cl3N3O4. The molecule has 0 saturated heterocycles. The fraction of sp³-hybridized carbons (Fsp3) is 0.207. The Labute approximate surface area is 242 Å². The minimum Gasteiger partial charge on any atom is -0.478 e. The zero-order valence-corrected chi connectivity index (χ0v) is 23.9. The number of nitrogens with two attached hydrogens (primary N) is 1. The highest BCUT2D eigenvalue weighted by Crippen LogP contribution is 2.30. The Bertz CT molecular complexity index is 1420. The lowest BCUT2D eigenvalue weighted by atomic mass is 10.0. The van der Waals surface area contributed by atoms with E-state index in [1.807, 2.05) is 19.1 Å². The number of aliphatic imine (C=N–C) groups is 1. The lowest BCUT2D eigenvalue weighted by molar-refractivity contribution is -0.141. The summed E-state index contributed by atoms with van der Waals surface area (Å²) in [5.41, 5.74) is 8.99. The molecule has 0 unspecified atom stereocenters. The minimum absolute atomic E-state index is 0.0411. The van der Waals surface area contributed by atoms with E-state index < -0.39 is 11.6 Å². The second-order valence-electron chi connectivity index (χ2n) is 9.20. The number of allylic oxidation sites excluding steroid dienone is 1. The molecule has 4 N–H and O–H groups in total. The van der Waals surface area contributed by atoms with Gasteiger partial charge in [-0.1, -0.05) is 59.1 Å². The van der Waals surface area contributed by atoms with E-state index in [-0.39, 0.29) is 24.6 Å². The van der Waals surface area contributed by atoms with Crippen molar-refractivity contribution in [3.63, 3.8) is 0 Å². The van der Waals surface area contributed by atoms with E-state index in [4.69, 9.17) is 55.4 Å². The number of aromatic carboxylic acids is 1. The summed E-state index contributed by atoms with van der Waals surface area (Å²) in [7, 11) is 0. The summed E-state index contributed by atoms with van der Waals surface area (Å²) in [6.45, 7) is 5.26. The van der Waals surface area contributed by atoms with E-state index in [0.29, 0.717) is 37.7 Å². The zero-order valence-electron chi connectivity index (χ0n) is 21.6. The molecule has 0 fully saturated rings. The van der Waals surface area contributed by atoms with Crippen molar-refractivity contribution in [1.29, 1.82) is 0 Å².